The van der Waals surface area contributed by atoms with Crippen molar-refractivity contribution in [3.63, 3.8) is 0 Å². The van der Waals surface area contributed by atoms with Crippen LogP contribution in [0.25, 0.3) is 11.1 Å². The largest absolute Gasteiger partial charge is 0.462 e. The summed E-state index contributed by atoms with van der Waals surface area (Å²) in [5.41, 5.74) is 6.52. The van der Waals surface area contributed by atoms with Gasteiger partial charge in [-0.05, 0) is 32.3 Å². The molecule has 1 heterocycles. The van der Waals surface area contributed by atoms with Gasteiger partial charge in [-0.1, -0.05) is 6.07 Å². The number of aromatic nitrogens is 2. The molecule has 0 saturated heterocycles. The molecule has 0 unspecified atom stereocenters. The zero-order valence-electron chi connectivity index (χ0n) is 12.4. The standard InChI is InChI=1S/C16H18FN3O2/c1-2-22-16(21)14-12(6-7-13(18)15(14)17)10-8-19-20(9-10)11-4-3-5-11/h6-9,11H,2-5,18H2,1H3. The average molecular weight is 303 g/mol. The Morgan fingerprint density at radius 2 is 2.27 bits per heavy atom. The Hall–Kier alpha value is -2.37. The highest BCUT2D eigenvalue weighted by Crippen LogP contribution is 2.34. The van der Waals surface area contributed by atoms with Crippen molar-refractivity contribution < 1.29 is 13.9 Å². The highest BCUT2D eigenvalue weighted by molar-refractivity contribution is 5.98. The van der Waals surface area contributed by atoms with Gasteiger partial charge in [0, 0.05) is 17.3 Å². The van der Waals surface area contributed by atoms with Crippen LogP contribution in [0, 0.1) is 5.82 Å². The average Bonchev–Trinajstić information content (AvgIpc) is 2.89. The van der Waals surface area contributed by atoms with Gasteiger partial charge in [-0.15, -0.1) is 0 Å². The molecule has 1 saturated carbocycles. The number of esters is 1. The van der Waals surface area contributed by atoms with Crippen LogP contribution in [0.2, 0.25) is 0 Å². The smallest absolute Gasteiger partial charge is 0.341 e. The maximum Gasteiger partial charge on any atom is 0.341 e. The Labute approximate surface area is 127 Å². The number of anilines is 1. The summed E-state index contributed by atoms with van der Waals surface area (Å²) in [6.45, 7) is 1.85. The fraction of sp³-hybridized carbons (Fsp3) is 0.375. The minimum atomic E-state index is -0.743. The van der Waals surface area contributed by atoms with Gasteiger partial charge in [-0.2, -0.15) is 5.10 Å². The maximum atomic E-state index is 14.3. The molecule has 0 atom stereocenters. The molecular weight excluding hydrogens is 285 g/mol. The first kappa shape index (κ1) is 14.6. The van der Waals surface area contributed by atoms with E-state index in [4.69, 9.17) is 10.5 Å². The molecule has 1 aromatic carbocycles. The third kappa shape index (κ3) is 2.45. The van der Waals surface area contributed by atoms with Gasteiger partial charge in [0.15, 0.2) is 5.82 Å². The van der Waals surface area contributed by atoms with E-state index < -0.39 is 11.8 Å². The second-order valence-corrected chi connectivity index (χ2v) is 5.41. The molecule has 1 aliphatic carbocycles. The quantitative estimate of drug-likeness (QED) is 0.695. The lowest BCUT2D eigenvalue weighted by Crippen LogP contribution is -2.17. The van der Waals surface area contributed by atoms with E-state index in [1.165, 1.54) is 12.5 Å². The molecule has 0 radical (unpaired) electrons. The molecule has 1 aliphatic rings. The summed E-state index contributed by atoms with van der Waals surface area (Å²) in [4.78, 5) is 12.1. The fourth-order valence-corrected chi connectivity index (χ4v) is 2.56. The van der Waals surface area contributed by atoms with E-state index in [0.29, 0.717) is 17.2 Å². The van der Waals surface area contributed by atoms with Crippen molar-refractivity contribution in [1.29, 1.82) is 0 Å². The van der Waals surface area contributed by atoms with Crippen molar-refractivity contribution in [1.82, 2.24) is 9.78 Å². The van der Waals surface area contributed by atoms with Crippen LogP contribution in [-0.2, 0) is 4.74 Å². The predicted octanol–water partition coefficient (Wildman–Crippen LogP) is 3.17. The molecule has 2 aromatic rings. The van der Waals surface area contributed by atoms with Crippen LogP contribution in [0.3, 0.4) is 0 Å². The number of hydrogen-bond acceptors (Lipinski definition) is 4. The number of ether oxygens (including phenoxy) is 1. The SMILES string of the molecule is CCOC(=O)c1c(-c2cnn(C3CCC3)c2)ccc(N)c1F. The molecule has 6 heteroatoms. The van der Waals surface area contributed by atoms with Crippen LogP contribution in [0.1, 0.15) is 42.6 Å². The topological polar surface area (TPSA) is 70.1 Å². The highest BCUT2D eigenvalue weighted by Gasteiger charge is 2.24. The van der Waals surface area contributed by atoms with Crippen LogP contribution in [0.4, 0.5) is 10.1 Å². The lowest BCUT2D eigenvalue weighted by Gasteiger charge is -2.25. The van der Waals surface area contributed by atoms with Gasteiger partial charge in [0.05, 0.1) is 24.5 Å². The lowest BCUT2D eigenvalue weighted by molar-refractivity contribution is 0.0522. The normalized spacial score (nSPS) is 14.6. The second kappa shape index (κ2) is 5.79. The first-order valence-electron chi connectivity index (χ1n) is 7.41. The molecule has 2 N–H and O–H groups in total. The highest BCUT2D eigenvalue weighted by atomic mass is 19.1. The zero-order chi connectivity index (χ0) is 15.7. The molecule has 0 amide bonds. The number of halogens is 1. The lowest BCUT2D eigenvalue weighted by atomic mass is 9.93. The van der Waals surface area contributed by atoms with E-state index in [0.717, 1.165) is 12.8 Å². The Morgan fingerprint density at radius 3 is 2.91 bits per heavy atom. The van der Waals surface area contributed by atoms with Crippen molar-refractivity contribution in [2.75, 3.05) is 12.3 Å². The summed E-state index contributed by atoms with van der Waals surface area (Å²) in [5, 5.41) is 4.32. The molecule has 0 spiro atoms. The minimum absolute atomic E-state index is 0.0711. The van der Waals surface area contributed by atoms with Crippen molar-refractivity contribution in [2.45, 2.75) is 32.2 Å². The number of nitrogen functional groups attached to an aromatic ring is 1. The van der Waals surface area contributed by atoms with E-state index >= 15 is 0 Å². The van der Waals surface area contributed by atoms with Crippen molar-refractivity contribution >= 4 is 11.7 Å². The monoisotopic (exact) mass is 303 g/mol. The van der Waals surface area contributed by atoms with E-state index in [9.17, 15) is 9.18 Å². The summed E-state index contributed by atoms with van der Waals surface area (Å²) < 4.78 is 21.1. The van der Waals surface area contributed by atoms with Gasteiger partial charge in [-0.25, -0.2) is 9.18 Å². The number of hydrogen-bond donors (Lipinski definition) is 1. The van der Waals surface area contributed by atoms with E-state index in [-0.39, 0.29) is 17.9 Å². The molecule has 1 fully saturated rings. The first-order chi connectivity index (χ1) is 10.6. The zero-order valence-corrected chi connectivity index (χ0v) is 12.4. The van der Waals surface area contributed by atoms with Gasteiger partial charge in [0.2, 0.25) is 0 Å². The Morgan fingerprint density at radius 1 is 1.50 bits per heavy atom. The molecule has 1 aromatic heterocycles. The van der Waals surface area contributed by atoms with Crippen LogP contribution < -0.4 is 5.73 Å². The summed E-state index contributed by atoms with van der Waals surface area (Å²) in [6.07, 6.45) is 6.89. The van der Waals surface area contributed by atoms with Crippen LogP contribution in [-0.4, -0.2) is 22.4 Å². The molecular formula is C16H18FN3O2. The van der Waals surface area contributed by atoms with Crippen LogP contribution in [0.15, 0.2) is 24.5 Å². The van der Waals surface area contributed by atoms with Gasteiger partial charge < -0.3 is 10.5 Å². The van der Waals surface area contributed by atoms with Gasteiger partial charge in [-0.3, -0.25) is 4.68 Å². The number of nitrogens with zero attached hydrogens (tertiary/aromatic N) is 2. The van der Waals surface area contributed by atoms with E-state index in [1.54, 1.807) is 19.2 Å². The first-order valence-corrected chi connectivity index (χ1v) is 7.41. The molecule has 0 bridgehead atoms. The van der Waals surface area contributed by atoms with Crippen molar-refractivity contribution in [3.05, 3.63) is 35.9 Å². The third-order valence-corrected chi connectivity index (χ3v) is 4.01. The number of nitrogens with two attached hydrogens (primary N) is 1. The number of carbonyl (C=O) groups is 1. The Bertz CT molecular complexity index is 707. The molecule has 116 valence electrons. The summed E-state index contributed by atoms with van der Waals surface area (Å²) >= 11 is 0. The molecule has 0 aliphatic heterocycles. The molecule has 5 nitrogen and oxygen atoms in total. The van der Waals surface area contributed by atoms with Crippen LogP contribution in [0.5, 0.6) is 0 Å². The van der Waals surface area contributed by atoms with Gasteiger partial charge >= 0.3 is 5.97 Å². The second-order valence-electron chi connectivity index (χ2n) is 5.41. The Balaban J connectivity index is 2.03. The van der Waals surface area contributed by atoms with Crippen molar-refractivity contribution in [2.24, 2.45) is 0 Å². The summed E-state index contributed by atoms with van der Waals surface area (Å²) in [5.74, 6) is -1.45. The van der Waals surface area contributed by atoms with E-state index in [2.05, 4.69) is 5.10 Å². The summed E-state index contributed by atoms with van der Waals surface area (Å²) in [7, 11) is 0. The van der Waals surface area contributed by atoms with Crippen molar-refractivity contribution in [3.8, 4) is 11.1 Å². The fourth-order valence-electron chi connectivity index (χ4n) is 2.56. The van der Waals surface area contributed by atoms with Gasteiger partial charge in [0.25, 0.3) is 0 Å². The number of carbonyl (C=O) groups excluding carboxylic acids is 1. The predicted molar refractivity (Wildman–Crippen MR) is 80.9 cm³/mol. The van der Waals surface area contributed by atoms with Gasteiger partial charge in [0.1, 0.15) is 5.56 Å². The minimum Gasteiger partial charge on any atom is -0.462 e. The number of benzene rings is 1. The third-order valence-electron chi connectivity index (χ3n) is 4.01. The number of rotatable bonds is 4. The maximum absolute atomic E-state index is 14.3. The van der Waals surface area contributed by atoms with E-state index in [1.807, 2.05) is 10.9 Å². The van der Waals surface area contributed by atoms with Crippen LogP contribution >= 0.6 is 0 Å². The summed E-state index contributed by atoms with van der Waals surface area (Å²) in [6, 6.07) is 3.49. The molecule has 22 heavy (non-hydrogen) atoms. The Kier molecular flexibility index (Phi) is 3.83. The molecule has 3 rings (SSSR count).